The van der Waals surface area contributed by atoms with Gasteiger partial charge in [-0.25, -0.2) is 0 Å². The minimum absolute atomic E-state index is 0.106. The molecule has 0 bridgehead atoms. The zero-order chi connectivity index (χ0) is 17.8. The predicted molar refractivity (Wildman–Crippen MR) is 108 cm³/mol. The third-order valence-electron chi connectivity index (χ3n) is 3.78. The normalized spacial score (nSPS) is 14.4. The summed E-state index contributed by atoms with van der Waals surface area (Å²) in [6.45, 7) is 2.50. The molecule has 1 saturated heterocycles. The third kappa shape index (κ3) is 4.69. The van der Waals surface area contributed by atoms with E-state index < -0.39 is 0 Å². The maximum absolute atomic E-state index is 12.1. The first-order valence-electron chi connectivity index (χ1n) is 7.71. The molecule has 5 nitrogen and oxygen atoms in total. The number of benzene rings is 2. The van der Waals surface area contributed by atoms with Crippen molar-refractivity contribution >= 4 is 65.9 Å². The second kappa shape index (κ2) is 8.44. The number of ether oxygens (including phenoxy) is 2. The van der Waals surface area contributed by atoms with Crippen molar-refractivity contribution in [3.63, 3.8) is 0 Å². The number of nitrogens with one attached hydrogen (secondary N) is 1. The number of hydrogen-bond acceptors (Lipinski definition) is 4. The molecule has 0 saturated carbocycles. The first kappa shape index (κ1) is 18.6. The van der Waals surface area contributed by atoms with Crippen LogP contribution in [-0.4, -0.2) is 48.8 Å². The first-order valence-corrected chi connectivity index (χ1v) is 9.71. The molecule has 2 aromatic carbocycles. The molecular formula is C17H16Br2N2O3S. The van der Waals surface area contributed by atoms with E-state index in [1.54, 1.807) is 0 Å². The smallest absolute Gasteiger partial charge is 0.264 e. The topological polar surface area (TPSA) is 50.8 Å². The first-order chi connectivity index (χ1) is 12.0. The lowest BCUT2D eigenvalue weighted by atomic mass is 10.1. The van der Waals surface area contributed by atoms with Crippen LogP contribution in [0.2, 0.25) is 0 Å². The van der Waals surface area contributed by atoms with Crippen molar-refractivity contribution in [2.75, 3.05) is 32.9 Å². The largest absolute Gasteiger partial charge is 0.483 e. The molecule has 1 N–H and O–H groups in total. The summed E-state index contributed by atoms with van der Waals surface area (Å²) in [5, 5.41) is 5.21. The fourth-order valence-corrected chi connectivity index (χ4v) is 3.78. The summed E-state index contributed by atoms with van der Waals surface area (Å²) in [6.07, 6.45) is 0. The van der Waals surface area contributed by atoms with Gasteiger partial charge in [-0.2, -0.15) is 0 Å². The standard InChI is InChI=1S/C17H16Br2N2O3S/c18-12-2-3-13-11(9-12)1-4-14(16(13)19)24-10-15(22)20-17(25)21-5-7-23-8-6-21/h1-4,9H,5-8,10H2,(H,20,22,25). The second-order valence-corrected chi connectivity index (χ2v) is 7.58. The molecule has 132 valence electrons. The van der Waals surface area contributed by atoms with Gasteiger partial charge in [-0.3, -0.25) is 4.79 Å². The van der Waals surface area contributed by atoms with Gasteiger partial charge >= 0.3 is 0 Å². The molecule has 0 spiro atoms. The predicted octanol–water partition coefficient (Wildman–Crippen LogP) is 3.48. The average molecular weight is 488 g/mol. The van der Waals surface area contributed by atoms with Crippen LogP contribution < -0.4 is 10.1 Å². The summed E-state index contributed by atoms with van der Waals surface area (Å²) in [6, 6.07) is 9.77. The lowest BCUT2D eigenvalue weighted by Gasteiger charge is -2.28. The van der Waals surface area contributed by atoms with Gasteiger partial charge in [-0.1, -0.05) is 28.1 Å². The zero-order valence-corrected chi connectivity index (χ0v) is 17.2. The van der Waals surface area contributed by atoms with E-state index in [0.29, 0.717) is 37.2 Å². The molecule has 1 heterocycles. The van der Waals surface area contributed by atoms with Gasteiger partial charge in [0.15, 0.2) is 11.7 Å². The number of thiocarbonyl (C=S) groups is 1. The highest BCUT2D eigenvalue weighted by Crippen LogP contribution is 2.34. The van der Waals surface area contributed by atoms with Crippen molar-refractivity contribution in [3.05, 3.63) is 39.3 Å². The van der Waals surface area contributed by atoms with Gasteiger partial charge in [-0.15, -0.1) is 0 Å². The summed E-state index contributed by atoms with van der Waals surface area (Å²) in [4.78, 5) is 14.0. The van der Waals surface area contributed by atoms with Crippen LogP contribution in [0.3, 0.4) is 0 Å². The van der Waals surface area contributed by atoms with E-state index in [4.69, 9.17) is 21.7 Å². The van der Waals surface area contributed by atoms with Gasteiger partial charge in [0, 0.05) is 17.6 Å². The number of carbonyl (C=O) groups excluding carboxylic acids is 1. The quantitative estimate of drug-likeness (QED) is 0.671. The summed E-state index contributed by atoms with van der Waals surface area (Å²) in [5.41, 5.74) is 0. The molecule has 0 unspecified atom stereocenters. The van der Waals surface area contributed by atoms with Crippen LogP contribution in [0.15, 0.2) is 39.3 Å². The fourth-order valence-electron chi connectivity index (χ4n) is 2.50. The van der Waals surface area contributed by atoms with Crippen molar-refractivity contribution in [1.29, 1.82) is 0 Å². The Morgan fingerprint density at radius 2 is 2.00 bits per heavy atom. The maximum Gasteiger partial charge on any atom is 0.264 e. The van der Waals surface area contributed by atoms with Gasteiger partial charge in [0.25, 0.3) is 5.91 Å². The Morgan fingerprint density at radius 1 is 1.24 bits per heavy atom. The molecule has 25 heavy (non-hydrogen) atoms. The minimum Gasteiger partial charge on any atom is -0.483 e. The molecule has 1 aliphatic rings. The number of halogens is 2. The van der Waals surface area contributed by atoms with Crippen LogP contribution in [0.5, 0.6) is 5.75 Å². The van der Waals surface area contributed by atoms with Crippen LogP contribution >= 0.6 is 44.1 Å². The molecule has 2 aromatic rings. The van der Waals surface area contributed by atoms with Crippen LogP contribution in [0, 0.1) is 0 Å². The Bertz CT molecular complexity index is 810. The SMILES string of the molecule is O=C(COc1ccc2cc(Br)ccc2c1Br)NC(=S)N1CCOCC1. The summed E-state index contributed by atoms with van der Waals surface area (Å²) < 4.78 is 12.8. The van der Waals surface area contributed by atoms with Crippen molar-refractivity contribution in [2.45, 2.75) is 0 Å². The van der Waals surface area contributed by atoms with E-state index in [0.717, 1.165) is 19.7 Å². The van der Waals surface area contributed by atoms with Crippen molar-refractivity contribution < 1.29 is 14.3 Å². The molecule has 1 fully saturated rings. The summed E-state index contributed by atoms with van der Waals surface area (Å²) in [7, 11) is 0. The Balaban J connectivity index is 1.60. The highest BCUT2D eigenvalue weighted by molar-refractivity contribution is 9.11. The van der Waals surface area contributed by atoms with Crippen LogP contribution in [0.25, 0.3) is 10.8 Å². The minimum atomic E-state index is -0.278. The Kier molecular flexibility index (Phi) is 6.27. The Morgan fingerprint density at radius 3 is 2.76 bits per heavy atom. The molecule has 8 heteroatoms. The number of carbonyl (C=O) groups is 1. The summed E-state index contributed by atoms with van der Waals surface area (Å²) >= 11 is 12.3. The van der Waals surface area contributed by atoms with Gasteiger partial charge in [-0.05, 0) is 57.1 Å². The van der Waals surface area contributed by atoms with Gasteiger partial charge in [0.1, 0.15) is 5.75 Å². The molecular weight excluding hydrogens is 472 g/mol. The number of nitrogens with zero attached hydrogens (tertiary/aromatic N) is 1. The van der Waals surface area contributed by atoms with Crippen molar-refractivity contribution in [3.8, 4) is 5.75 Å². The van der Waals surface area contributed by atoms with Gasteiger partial charge in [0.05, 0.1) is 17.7 Å². The molecule has 0 atom stereocenters. The van der Waals surface area contributed by atoms with E-state index in [9.17, 15) is 4.79 Å². The zero-order valence-electron chi connectivity index (χ0n) is 13.3. The lowest BCUT2D eigenvalue weighted by molar-refractivity contribution is -0.121. The van der Waals surface area contributed by atoms with Crippen molar-refractivity contribution in [1.82, 2.24) is 10.2 Å². The number of amides is 1. The molecule has 1 amide bonds. The van der Waals surface area contributed by atoms with Gasteiger partial charge < -0.3 is 19.7 Å². The van der Waals surface area contributed by atoms with Crippen LogP contribution in [0.1, 0.15) is 0 Å². The molecule has 0 aromatic heterocycles. The number of fused-ring (bicyclic) bond motifs is 1. The second-order valence-electron chi connectivity index (χ2n) is 5.48. The van der Waals surface area contributed by atoms with Crippen molar-refractivity contribution in [2.24, 2.45) is 0 Å². The number of rotatable bonds is 3. The van der Waals surface area contributed by atoms with E-state index >= 15 is 0 Å². The highest BCUT2D eigenvalue weighted by atomic mass is 79.9. The van der Waals surface area contributed by atoms with Gasteiger partial charge in [0.2, 0.25) is 0 Å². The monoisotopic (exact) mass is 486 g/mol. The van der Waals surface area contributed by atoms with E-state index in [1.807, 2.05) is 35.2 Å². The van der Waals surface area contributed by atoms with E-state index in [-0.39, 0.29) is 12.5 Å². The Hall–Kier alpha value is -1.22. The van der Waals surface area contributed by atoms with E-state index in [1.165, 1.54) is 0 Å². The van der Waals surface area contributed by atoms with Crippen LogP contribution in [0.4, 0.5) is 0 Å². The molecule has 3 rings (SSSR count). The Labute approximate surface area is 167 Å². The summed E-state index contributed by atoms with van der Waals surface area (Å²) in [5.74, 6) is 0.335. The third-order valence-corrected chi connectivity index (χ3v) is 5.46. The molecule has 1 aliphatic heterocycles. The number of morpholine rings is 1. The van der Waals surface area contributed by atoms with Crippen LogP contribution in [-0.2, 0) is 9.53 Å². The fraction of sp³-hybridized carbons (Fsp3) is 0.294. The highest BCUT2D eigenvalue weighted by Gasteiger charge is 2.16. The lowest BCUT2D eigenvalue weighted by Crippen LogP contribution is -2.48. The average Bonchev–Trinajstić information content (AvgIpc) is 2.61. The maximum atomic E-state index is 12.1. The number of hydrogen-bond donors (Lipinski definition) is 1. The molecule has 0 radical (unpaired) electrons. The van der Waals surface area contributed by atoms with E-state index in [2.05, 4.69) is 37.2 Å². The molecule has 0 aliphatic carbocycles.